The Morgan fingerprint density at radius 1 is 1.27 bits per heavy atom. The number of hydrogen-bond acceptors (Lipinski definition) is 6. The summed E-state index contributed by atoms with van der Waals surface area (Å²) in [6.07, 6.45) is 0. The fraction of sp³-hybridized carbons (Fsp3) is 0.231. The molecule has 1 heterocycles. The molecule has 0 bridgehead atoms. The number of halogens is 2. The fourth-order valence-corrected chi connectivity index (χ4v) is 1.96. The van der Waals surface area contributed by atoms with Crippen molar-refractivity contribution in [3.8, 4) is 11.8 Å². The maximum absolute atomic E-state index is 11.8. The zero-order valence-corrected chi connectivity index (χ0v) is 13.3. The summed E-state index contributed by atoms with van der Waals surface area (Å²) < 4.78 is 10.2. The van der Waals surface area contributed by atoms with Crippen LogP contribution in [-0.2, 0) is 4.79 Å². The van der Waals surface area contributed by atoms with Gasteiger partial charge < -0.3 is 9.47 Å². The van der Waals surface area contributed by atoms with Gasteiger partial charge >= 0.3 is 6.01 Å². The molecule has 0 fully saturated rings. The van der Waals surface area contributed by atoms with Crippen molar-refractivity contribution >= 4 is 35.1 Å². The van der Waals surface area contributed by atoms with Gasteiger partial charge in [-0.25, -0.2) is 0 Å². The van der Waals surface area contributed by atoms with E-state index in [1.165, 1.54) is 13.2 Å². The molecule has 0 saturated carbocycles. The zero-order valence-electron chi connectivity index (χ0n) is 11.8. The summed E-state index contributed by atoms with van der Waals surface area (Å²) in [4.78, 5) is 23.6. The average Bonchev–Trinajstić information content (AvgIpc) is 2.45. The van der Waals surface area contributed by atoms with Crippen LogP contribution in [0.4, 0.5) is 5.95 Å². The summed E-state index contributed by atoms with van der Waals surface area (Å²) in [5, 5.41) is 3.28. The second kappa shape index (κ2) is 7.24. The molecule has 0 saturated heterocycles. The molecule has 0 spiro atoms. The Kier molecular flexibility index (Phi) is 5.35. The van der Waals surface area contributed by atoms with Gasteiger partial charge in [0.25, 0.3) is 5.91 Å². The summed E-state index contributed by atoms with van der Waals surface area (Å²) >= 11 is 11.7. The van der Waals surface area contributed by atoms with E-state index in [0.717, 1.165) is 0 Å². The van der Waals surface area contributed by atoms with Crippen LogP contribution in [-0.4, -0.2) is 34.6 Å². The van der Waals surface area contributed by atoms with Gasteiger partial charge in [-0.2, -0.15) is 15.0 Å². The van der Waals surface area contributed by atoms with Crippen molar-refractivity contribution in [2.75, 3.05) is 19.0 Å². The van der Waals surface area contributed by atoms with Gasteiger partial charge in [0.1, 0.15) is 11.6 Å². The predicted molar refractivity (Wildman–Crippen MR) is 81.7 cm³/mol. The molecule has 7 nitrogen and oxygen atoms in total. The van der Waals surface area contributed by atoms with Crippen molar-refractivity contribution in [2.45, 2.75) is 6.92 Å². The third-order valence-corrected chi connectivity index (χ3v) is 2.94. The standard InChI is InChI=1S/C13H12Cl2N4O3/c1-7-16-12(19-13(17-7)21-2)18-11(20)6-22-10-4-3-8(14)5-9(10)15/h3-5H,6H2,1-2H3,(H,16,17,18,19,20). The van der Waals surface area contributed by atoms with E-state index in [4.69, 9.17) is 32.7 Å². The van der Waals surface area contributed by atoms with Gasteiger partial charge in [-0.05, 0) is 25.1 Å². The zero-order chi connectivity index (χ0) is 16.1. The first-order valence-corrected chi connectivity index (χ1v) is 6.88. The van der Waals surface area contributed by atoms with Crippen LogP contribution in [0.1, 0.15) is 5.82 Å². The lowest BCUT2D eigenvalue weighted by Crippen LogP contribution is -2.22. The molecule has 116 valence electrons. The molecule has 1 aromatic carbocycles. The molecule has 1 N–H and O–H groups in total. The first kappa shape index (κ1) is 16.3. The number of rotatable bonds is 5. The van der Waals surface area contributed by atoms with Crippen LogP contribution in [0, 0.1) is 6.92 Å². The summed E-state index contributed by atoms with van der Waals surface area (Å²) in [6.45, 7) is 1.40. The lowest BCUT2D eigenvalue weighted by molar-refractivity contribution is -0.118. The molecular formula is C13H12Cl2N4O3. The second-order valence-corrected chi connectivity index (χ2v) is 4.95. The highest BCUT2D eigenvalue weighted by Crippen LogP contribution is 2.27. The van der Waals surface area contributed by atoms with Crippen molar-refractivity contribution in [1.29, 1.82) is 0 Å². The largest absolute Gasteiger partial charge is 0.482 e. The fourth-order valence-electron chi connectivity index (χ4n) is 1.50. The highest BCUT2D eigenvalue weighted by Gasteiger charge is 2.10. The van der Waals surface area contributed by atoms with E-state index in [2.05, 4.69) is 20.3 Å². The summed E-state index contributed by atoms with van der Waals surface area (Å²) in [6, 6.07) is 4.83. The summed E-state index contributed by atoms with van der Waals surface area (Å²) in [5.74, 6) is 0.410. The SMILES string of the molecule is COc1nc(C)nc(NC(=O)COc2ccc(Cl)cc2Cl)n1. The Morgan fingerprint density at radius 2 is 2.05 bits per heavy atom. The molecule has 0 aliphatic carbocycles. The van der Waals surface area contributed by atoms with Crippen LogP contribution in [0.3, 0.4) is 0 Å². The van der Waals surface area contributed by atoms with Gasteiger partial charge in [0.2, 0.25) is 5.95 Å². The molecule has 2 rings (SSSR count). The minimum absolute atomic E-state index is 0.0835. The van der Waals surface area contributed by atoms with E-state index < -0.39 is 5.91 Å². The number of carbonyl (C=O) groups excluding carboxylic acids is 1. The van der Waals surface area contributed by atoms with E-state index in [-0.39, 0.29) is 18.6 Å². The third-order valence-electron chi connectivity index (χ3n) is 2.41. The van der Waals surface area contributed by atoms with E-state index in [0.29, 0.717) is 21.6 Å². The number of carbonyl (C=O) groups is 1. The number of nitrogens with one attached hydrogen (secondary N) is 1. The molecule has 0 radical (unpaired) electrons. The molecule has 0 aliphatic heterocycles. The van der Waals surface area contributed by atoms with Crippen molar-refractivity contribution in [2.24, 2.45) is 0 Å². The number of anilines is 1. The topological polar surface area (TPSA) is 86.2 Å². The summed E-state index contributed by atoms with van der Waals surface area (Å²) in [7, 11) is 1.42. The van der Waals surface area contributed by atoms with Crippen LogP contribution in [0.15, 0.2) is 18.2 Å². The van der Waals surface area contributed by atoms with E-state index in [1.807, 2.05) is 0 Å². The number of methoxy groups -OCH3 is 1. The minimum Gasteiger partial charge on any atom is -0.482 e. The van der Waals surface area contributed by atoms with Gasteiger partial charge in [-0.15, -0.1) is 0 Å². The normalized spacial score (nSPS) is 10.2. The molecule has 0 atom stereocenters. The number of aromatic nitrogens is 3. The van der Waals surface area contributed by atoms with Gasteiger partial charge in [0.15, 0.2) is 6.61 Å². The Bertz CT molecular complexity index is 697. The summed E-state index contributed by atoms with van der Waals surface area (Å²) in [5.41, 5.74) is 0. The van der Waals surface area contributed by atoms with Gasteiger partial charge in [0, 0.05) is 5.02 Å². The molecule has 9 heteroatoms. The number of nitrogens with zero attached hydrogens (tertiary/aromatic N) is 3. The van der Waals surface area contributed by atoms with Gasteiger partial charge in [-0.3, -0.25) is 10.1 Å². The van der Waals surface area contributed by atoms with Crippen molar-refractivity contribution in [3.05, 3.63) is 34.1 Å². The van der Waals surface area contributed by atoms with Crippen LogP contribution in [0.25, 0.3) is 0 Å². The Morgan fingerprint density at radius 3 is 2.73 bits per heavy atom. The van der Waals surface area contributed by atoms with Crippen molar-refractivity contribution < 1.29 is 14.3 Å². The highest BCUT2D eigenvalue weighted by atomic mass is 35.5. The molecule has 0 aliphatic rings. The van der Waals surface area contributed by atoms with E-state index in [1.54, 1.807) is 19.1 Å². The number of amides is 1. The molecule has 2 aromatic rings. The quantitative estimate of drug-likeness (QED) is 0.898. The van der Waals surface area contributed by atoms with Gasteiger partial charge in [0.05, 0.1) is 12.1 Å². The van der Waals surface area contributed by atoms with Crippen LogP contribution in [0.5, 0.6) is 11.8 Å². The van der Waals surface area contributed by atoms with E-state index in [9.17, 15) is 4.79 Å². The molecular weight excluding hydrogens is 331 g/mol. The Labute approximate surface area is 136 Å². The molecule has 22 heavy (non-hydrogen) atoms. The first-order valence-electron chi connectivity index (χ1n) is 6.12. The highest BCUT2D eigenvalue weighted by molar-refractivity contribution is 6.35. The second-order valence-electron chi connectivity index (χ2n) is 4.10. The number of aryl methyl sites for hydroxylation is 1. The Balaban J connectivity index is 1.97. The predicted octanol–water partition coefficient (Wildman–Crippen LogP) is 2.51. The van der Waals surface area contributed by atoms with Crippen molar-refractivity contribution in [3.63, 3.8) is 0 Å². The average molecular weight is 343 g/mol. The van der Waals surface area contributed by atoms with Crippen LogP contribution >= 0.6 is 23.2 Å². The monoisotopic (exact) mass is 342 g/mol. The number of hydrogen-bond donors (Lipinski definition) is 1. The lowest BCUT2D eigenvalue weighted by Gasteiger charge is -2.08. The molecule has 1 aromatic heterocycles. The minimum atomic E-state index is -0.446. The smallest absolute Gasteiger partial charge is 0.321 e. The van der Waals surface area contributed by atoms with Crippen LogP contribution in [0.2, 0.25) is 10.0 Å². The van der Waals surface area contributed by atoms with Crippen LogP contribution < -0.4 is 14.8 Å². The maximum Gasteiger partial charge on any atom is 0.321 e. The van der Waals surface area contributed by atoms with Gasteiger partial charge in [-0.1, -0.05) is 23.2 Å². The van der Waals surface area contributed by atoms with Crippen molar-refractivity contribution in [1.82, 2.24) is 15.0 Å². The third kappa shape index (κ3) is 4.44. The number of ether oxygens (including phenoxy) is 2. The Hall–Kier alpha value is -2.12. The van der Waals surface area contributed by atoms with E-state index >= 15 is 0 Å². The molecule has 0 unspecified atom stereocenters. The molecule has 1 amide bonds. The lowest BCUT2D eigenvalue weighted by atomic mass is 10.3. The first-order chi connectivity index (χ1) is 10.5. The maximum atomic E-state index is 11.8. The number of benzene rings is 1.